The molecule has 0 aliphatic carbocycles. The Balaban J connectivity index is 2.07. The van der Waals surface area contributed by atoms with Crippen molar-refractivity contribution in [2.75, 3.05) is 0 Å². The van der Waals surface area contributed by atoms with Gasteiger partial charge in [0.1, 0.15) is 11.6 Å². The molecule has 0 radical (unpaired) electrons. The van der Waals surface area contributed by atoms with Crippen molar-refractivity contribution in [1.82, 2.24) is 0 Å². The number of carbonyl (C=O) groups excluding carboxylic acids is 1. The van der Waals surface area contributed by atoms with Crippen LogP contribution >= 0.6 is 11.6 Å². The minimum absolute atomic E-state index is 0.199. The maximum Gasteiger partial charge on any atom is 0.202 e. The van der Waals surface area contributed by atoms with E-state index in [1.165, 1.54) is 24.3 Å². The number of hydrogen-bond donors (Lipinski definition) is 0. The van der Waals surface area contributed by atoms with Crippen LogP contribution in [0.2, 0.25) is 5.02 Å². The molecule has 2 aromatic carbocycles. The summed E-state index contributed by atoms with van der Waals surface area (Å²) in [6.45, 7) is 1.65. The zero-order chi connectivity index (χ0) is 13.8. The van der Waals surface area contributed by atoms with E-state index in [0.29, 0.717) is 16.3 Å². The molecule has 0 saturated heterocycles. The average molecular weight is 279 g/mol. The van der Waals surface area contributed by atoms with Gasteiger partial charge in [-0.1, -0.05) is 11.6 Å². The lowest BCUT2D eigenvalue weighted by Gasteiger charge is -2.13. The molecule has 2 rings (SSSR count). The Morgan fingerprint density at radius 3 is 2.26 bits per heavy atom. The highest BCUT2D eigenvalue weighted by Gasteiger charge is 2.16. The highest BCUT2D eigenvalue weighted by Crippen LogP contribution is 2.18. The van der Waals surface area contributed by atoms with E-state index in [4.69, 9.17) is 16.3 Å². The number of rotatable bonds is 4. The van der Waals surface area contributed by atoms with E-state index in [1.54, 1.807) is 31.2 Å². The quantitative estimate of drug-likeness (QED) is 0.786. The van der Waals surface area contributed by atoms with Crippen molar-refractivity contribution >= 4 is 17.4 Å². The summed E-state index contributed by atoms with van der Waals surface area (Å²) in [4.78, 5) is 12.1. The first-order chi connectivity index (χ1) is 9.06. The number of ether oxygens (including phenoxy) is 1. The summed E-state index contributed by atoms with van der Waals surface area (Å²) < 4.78 is 18.3. The van der Waals surface area contributed by atoms with Crippen molar-refractivity contribution in [3.63, 3.8) is 0 Å². The minimum Gasteiger partial charge on any atom is -0.483 e. The molecule has 0 spiro atoms. The molecule has 0 fully saturated rings. The van der Waals surface area contributed by atoms with Crippen LogP contribution in [0.4, 0.5) is 4.39 Å². The van der Waals surface area contributed by atoms with Gasteiger partial charge in [0.25, 0.3) is 0 Å². The fourth-order valence-corrected chi connectivity index (χ4v) is 1.75. The zero-order valence-electron chi connectivity index (χ0n) is 10.3. The number of ketones is 1. The van der Waals surface area contributed by atoms with Crippen LogP contribution in [0.3, 0.4) is 0 Å². The monoisotopic (exact) mass is 278 g/mol. The third-order valence-electron chi connectivity index (χ3n) is 2.62. The Labute approximate surface area is 115 Å². The van der Waals surface area contributed by atoms with Crippen LogP contribution < -0.4 is 4.74 Å². The topological polar surface area (TPSA) is 26.3 Å². The van der Waals surface area contributed by atoms with Gasteiger partial charge in [-0.25, -0.2) is 4.39 Å². The minimum atomic E-state index is -0.647. The largest absolute Gasteiger partial charge is 0.483 e. The standard InChI is InChI=1S/C15H12ClFO2/c1-10(19-14-8-4-12(16)5-9-14)15(18)11-2-6-13(17)7-3-11/h2-10H,1H3. The van der Waals surface area contributed by atoms with Gasteiger partial charge in [0.05, 0.1) is 0 Å². The van der Waals surface area contributed by atoms with Gasteiger partial charge >= 0.3 is 0 Å². The predicted molar refractivity (Wildman–Crippen MR) is 72.3 cm³/mol. The van der Waals surface area contributed by atoms with Crippen molar-refractivity contribution < 1.29 is 13.9 Å². The summed E-state index contributed by atoms with van der Waals surface area (Å²) in [6, 6.07) is 12.1. The van der Waals surface area contributed by atoms with E-state index in [-0.39, 0.29) is 11.6 Å². The van der Waals surface area contributed by atoms with Gasteiger partial charge in [-0.05, 0) is 55.5 Å². The third-order valence-corrected chi connectivity index (χ3v) is 2.88. The van der Waals surface area contributed by atoms with Crippen LogP contribution in [0.5, 0.6) is 5.75 Å². The summed E-state index contributed by atoms with van der Waals surface area (Å²) >= 11 is 5.76. The Morgan fingerprint density at radius 2 is 1.68 bits per heavy atom. The van der Waals surface area contributed by atoms with E-state index < -0.39 is 6.10 Å². The van der Waals surface area contributed by atoms with Gasteiger partial charge in [-0.3, -0.25) is 4.79 Å². The number of halogens is 2. The van der Waals surface area contributed by atoms with Gasteiger partial charge in [0.2, 0.25) is 5.78 Å². The Hall–Kier alpha value is -1.87. The maximum atomic E-state index is 12.8. The molecular weight excluding hydrogens is 267 g/mol. The lowest BCUT2D eigenvalue weighted by Crippen LogP contribution is -2.23. The normalized spacial score (nSPS) is 11.9. The number of benzene rings is 2. The Kier molecular flexibility index (Phi) is 4.17. The van der Waals surface area contributed by atoms with Gasteiger partial charge in [-0.2, -0.15) is 0 Å². The summed E-state index contributed by atoms with van der Waals surface area (Å²) in [5.74, 6) is -0.00913. The smallest absolute Gasteiger partial charge is 0.202 e. The average Bonchev–Trinajstić information content (AvgIpc) is 2.41. The third kappa shape index (κ3) is 3.55. The van der Waals surface area contributed by atoms with Crippen molar-refractivity contribution in [1.29, 1.82) is 0 Å². The van der Waals surface area contributed by atoms with Crippen LogP contribution in [-0.2, 0) is 0 Å². The van der Waals surface area contributed by atoms with Crippen LogP contribution in [0, 0.1) is 5.82 Å². The molecule has 2 nitrogen and oxygen atoms in total. The van der Waals surface area contributed by atoms with Crippen LogP contribution in [0.15, 0.2) is 48.5 Å². The highest BCUT2D eigenvalue weighted by atomic mass is 35.5. The molecule has 0 aliphatic rings. The lowest BCUT2D eigenvalue weighted by atomic mass is 10.1. The molecule has 0 aliphatic heterocycles. The van der Waals surface area contributed by atoms with Crippen molar-refractivity contribution in [3.05, 3.63) is 64.9 Å². The fraction of sp³-hybridized carbons (Fsp3) is 0.133. The lowest BCUT2D eigenvalue weighted by molar-refractivity contribution is 0.0818. The van der Waals surface area contributed by atoms with Crippen molar-refractivity contribution in [2.45, 2.75) is 13.0 Å². The summed E-state index contributed by atoms with van der Waals surface area (Å²) in [5, 5.41) is 0.602. The molecular formula is C15H12ClFO2. The molecule has 1 atom stereocenters. The van der Waals surface area contributed by atoms with Gasteiger partial charge in [0, 0.05) is 10.6 Å². The van der Waals surface area contributed by atoms with Gasteiger partial charge in [0.15, 0.2) is 6.10 Å². The Bertz CT molecular complexity index is 564. The molecule has 19 heavy (non-hydrogen) atoms. The number of hydrogen-bond acceptors (Lipinski definition) is 2. The summed E-state index contributed by atoms with van der Waals surface area (Å²) in [7, 11) is 0. The van der Waals surface area contributed by atoms with E-state index in [9.17, 15) is 9.18 Å². The second-order valence-electron chi connectivity index (χ2n) is 4.09. The van der Waals surface area contributed by atoms with Crippen molar-refractivity contribution in [3.8, 4) is 5.75 Å². The van der Waals surface area contributed by atoms with E-state index in [2.05, 4.69) is 0 Å². The molecule has 0 heterocycles. The molecule has 4 heteroatoms. The van der Waals surface area contributed by atoms with Crippen LogP contribution in [-0.4, -0.2) is 11.9 Å². The molecule has 0 aromatic heterocycles. The van der Waals surface area contributed by atoms with E-state index in [1.807, 2.05) is 0 Å². The first kappa shape index (κ1) is 13.6. The van der Waals surface area contributed by atoms with Crippen LogP contribution in [0.1, 0.15) is 17.3 Å². The number of carbonyl (C=O) groups is 1. The van der Waals surface area contributed by atoms with E-state index in [0.717, 1.165) is 0 Å². The summed E-state index contributed by atoms with van der Waals surface area (Å²) in [6.07, 6.45) is -0.647. The molecule has 0 saturated carbocycles. The first-order valence-corrected chi connectivity index (χ1v) is 6.16. The van der Waals surface area contributed by atoms with E-state index >= 15 is 0 Å². The van der Waals surface area contributed by atoms with Crippen LogP contribution in [0.25, 0.3) is 0 Å². The highest BCUT2D eigenvalue weighted by molar-refractivity contribution is 6.30. The molecule has 0 amide bonds. The molecule has 0 bridgehead atoms. The second kappa shape index (κ2) is 5.85. The predicted octanol–water partition coefficient (Wildman–Crippen LogP) is 4.13. The second-order valence-corrected chi connectivity index (χ2v) is 4.52. The fourth-order valence-electron chi connectivity index (χ4n) is 1.62. The molecule has 98 valence electrons. The first-order valence-electron chi connectivity index (χ1n) is 5.78. The van der Waals surface area contributed by atoms with Gasteiger partial charge < -0.3 is 4.74 Å². The zero-order valence-corrected chi connectivity index (χ0v) is 11.0. The molecule has 0 N–H and O–H groups in total. The summed E-state index contributed by atoms with van der Waals surface area (Å²) in [5.41, 5.74) is 0.419. The SMILES string of the molecule is CC(Oc1ccc(Cl)cc1)C(=O)c1ccc(F)cc1. The maximum absolute atomic E-state index is 12.8. The Morgan fingerprint density at radius 1 is 1.11 bits per heavy atom. The molecule has 1 unspecified atom stereocenters. The molecule has 2 aromatic rings. The van der Waals surface area contributed by atoms with Crippen molar-refractivity contribution in [2.24, 2.45) is 0 Å². The van der Waals surface area contributed by atoms with Gasteiger partial charge in [-0.15, -0.1) is 0 Å². The number of Topliss-reactive ketones (excluding diaryl/α,β-unsaturated/α-hetero) is 1.